The number of likely N-dealkylation sites (tertiary alicyclic amines) is 1. The first-order chi connectivity index (χ1) is 29.8. The molecule has 14 heteroatoms. The van der Waals surface area contributed by atoms with Gasteiger partial charge in [0.05, 0.1) is 65.4 Å². The minimum Gasteiger partial charge on any atom is -0.496 e. The molecule has 0 aliphatic carbocycles. The van der Waals surface area contributed by atoms with Crippen LogP contribution in [0.25, 0.3) is 10.8 Å². The largest absolute Gasteiger partial charge is 0.496 e. The lowest BCUT2D eigenvalue weighted by atomic mass is 9.78. The van der Waals surface area contributed by atoms with Gasteiger partial charge < -0.3 is 38.4 Å². The van der Waals surface area contributed by atoms with E-state index >= 15 is 0 Å². The first kappa shape index (κ1) is 47.3. The third-order valence-electron chi connectivity index (χ3n) is 10.8. The molecule has 0 spiro atoms. The molecule has 1 fully saturated rings. The van der Waals surface area contributed by atoms with Crippen molar-refractivity contribution < 1.29 is 58.4 Å². The summed E-state index contributed by atoms with van der Waals surface area (Å²) in [5.74, 6) is 1.38. The lowest BCUT2D eigenvalue weighted by Crippen LogP contribution is -2.52. The Hall–Kier alpha value is -4.80. The number of fused-ring (bicyclic) bond motifs is 1. The number of rotatable bonds is 27. The number of aliphatic hydroxyl groups is 1. The van der Waals surface area contributed by atoms with E-state index in [4.69, 9.17) is 38.8 Å². The van der Waals surface area contributed by atoms with E-state index in [0.29, 0.717) is 83.6 Å². The van der Waals surface area contributed by atoms with E-state index in [1.54, 1.807) is 14.2 Å². The van der Waals surface area contributed by atoms with Gasteiger partial charge in [0.15, 0.2) is 0 Å². The molecule has 0 aromatic heterocycles. The maximum atomic E-state index is 13.7. The summed E-state index contributed by atoms with van der Waals surface area (Å²) in [7, 11) is 3.30. The van der Waals surface area contributed by atoms with Crippen molar-refractivity contribution in [3.05, 3.63) is 102 Å². The molecule has 3 unspecified atom stereocenters. The van der Waals surface area contributed by atoms with Gasteiger partial charge in [-0.15, -0.1) is 0 Å². The van der Waals surface area contributed by atoms with Gasteiger partial charge in [0.1, 0.15) is 17.2 Å². The fraction of sp³-hybridized carbons (Fsp3) is 0.489. The van der Waals surface area contributed by atoms with Crippen LogP contribution in [-0.4, -0.2) is 104 Å². The van der Waals surface area contributed by atoms with Crippen molar-refractivity contribution in [2.24, 2.45) is 5.92 Å². The van der Waals surface area contributed by atoms with Gasteiger partial charge in [-0.05, 0) is 72.5 Å². The standard InChI is InChI=1S/C47H62N2O12/c1-55-42-17-10-8-15-38(42)33-57-25-13-26-58-40-22-20-36(21-23-40)47-39(34-60-46(52)19-6-4-12-27-61-49(53)54)30-48(45(51)18-5-3-11-24-50)31-44(47)59-32-35-28-37-14-7-9-16-41(37)43(29-35)56-2/h7-10,14-17,20-23,28-29,39,44,47,50,53-54H,3-6,11-13,18-19,24-27,30-34H2,1-2H3. The number of carbonyl (C=O) groups excluding carboxylic acids is 2. The zero-order chi connectivity index (χ0) is 43.2. The van der Waals surface area contributed by atoms with Crippen LogP contribution in [0.1, 0.15) is 80.4 Å². The molecule has 4 aromatic rings. The van der Waals surface area contributed by atoms with Gasteiger partial charge in [-0.2, -0.15) is 0 Å². The lowest BCUT2D eigenvalue weighted by molar-refractivity contribution is -0.492. The highest BCUT2D eigenvalue weighted by atomic mass is 17.1. The average molecular weight is 847 g/mol. The minimum atomic E-state index is -0.443. The summed E-state index contributed by atoms with van der Waals surface area (Å²) in [5, 5.41) is 28.5. The molecule has 332 valence electrons. The Balaban J connectivity index is 1.30. The van der Waals surface area contributed by atoms with Gasteiger partial charge in [-0.25, -0.2) is 0 Å². The Bertz CT molecular complexity index is 1910. The number of piperidine rings is 1. The van der Waals surface area contributed by atoms with Crippen LogP contribution in [0, 0.1) is 5.92 Å². The van der Waals surface area contributed by atoms with E-state index in [-0.39, 0.29) is 62.0 Å². The van der Waals surface area contributed by atoms with Crippen LogP contribution in [0.4, 0.5) is 0 Å². The average Bonchev–Trinajstić information content (AvgIpc) is 3.28. The third-order valence-corrected chi connectivity index (χ3v) is 10.8. The number of hydrogen-bond donors (Lipinski definition) is 3. The van der Waals surface area contributed by atoms with Gasteiger partial charge in [-0.1, -0.05) is 67.4 Å². The van der Waals surface area contributed by atoms with Crippen molar-refractivity contribution >= 4 is 22.6 Å². The molecule has 3 atom stereocenters. The second-order valence-electron chi connectivity index (χ2n) is 15.2. The van der Waals surface area contributed by atoms with Gasteiger partial charge >= 0.3 is 5.97 Å². The Morgan fingerprint density at radius 2 is 1.51 bits per heavy atom. The SMILES string of the molecule is COc1ccccc1COCCCOc1ccc(C2C(COC(=O)CCCCCON(O)O)CN(C(=O)CCCCCO)CC2OCc2cc(OC)c3ccccc3c2)cc1. The van der Waals surface area contributed by atoms with Crippen molar-refractivity contribution in [3.8, 4) is 17.2 Å². The maximum Gasteiger partial charge on any atom is 0.305 e. The summed E-state index contributed by atoms with van der Waals surface area (Å²) in [6.07, 6.45) is 4.55. The first-order valence-electron chi connectivity index (χ1n) is 21.2. The van der Waals surface area contributed by atoms with Gasteiger partial charge in [0.2, 0.25) is 5.91 Å². The predicted octanol–water partition coefficient (Wildman–Crippen LogP) is 7.64. The second-order valence-corrected chi connectivity index (χ2v) is 15.2. The van der Waals surface area contributed by atoms with Crippen molar-refractivity contribution in [2.75, 3.05) is 60.3 Å². The highest BCUT2D eigenvalue weighted by Crippen LogP contribution is 2.38. The molecular formula is C47H62N2O12. The van der Waals surface area contributed by atoms with Crippen LogP contribution in [0.15, 0.2) is 84.9 Å². The van der Waals surface area contributed by atoms with Gasteiger partial charge in [0.25, 0.3) is 0 Å². The summed E-state index contributed by atoms with van der Waals surface area (Å²) in [6, 6.07) is 27.8. The summed E-state index contributed by atoms with van der Waals surface area (Å²) < 4.78 is 35.9. The first-order valence-corrected chi connectivity index (χ1v) is 21.2. The number of methoxy groups -OCH3 is 2. The molecule has 1 heterocycles. The summed E-state index contributed by atoms with van der Waals surface area (Å²) in [6.45, 7) is 2.72. The Labute approximate surface area is 358 Å². The van der Waals surface area contributed by atoms with Crippen LogP contribution in [0.5, 0.6) is 17.2 Å². The molecule has 0 saturated carbocycles. The van der Waals surface area contributed by atoms with E-state index in [9.17, 15) is 14.7 Å². The second kappa shape index (κ2) is 25.9. The quantitative estimate of drug-likeness (QED) is 0.0305. The number of benzene rings is 4. The Kier molecular flexibility index (Phi) is 20.0. The fourth-order valence-electron chi connectivity index (χ4n) is 7.73. The number of esters is 1. The molecule has 3 N–H and O–H groups in total. The highest BCUT2D eigenvalue weighted by Gasteiger charge is 2.41. The van der Waals surface area contributed by atoms with Crippen LogP contribution < -0.4 is 14.2 Å². The normalized spacial score (nSPS) is 16.5. The van der Waals surface area contributed by atoms with Crippen molar-refractivity contribution in [3.63, 3.8) is 0 Å². The molecule has 1 aliphatic rings. The van der Waals surface area contributed by atoms with Crippen molar-refractivity contribution in [1.82, 2.24) is 10.3 Å². The predicted molar refractivity (Wildman–Crippen MR) is 227 cm³/mol. The van der Waals surface area contributed by atoms with E-state index in [0.717, 1.165) is 45.4 Å². The summed E-state index contributed by atoms with van der Waals surface area (Å²) in [4.78, 5) is 33.2. The Morgan fingerprint density at radius 1 is 0.754 bits per heavy atom. The molecule has 14 nitrogen and oxygen atoms in total. The number of amides is 1. The van der Waals surface area contributed by atoms with Crippen LogP contribution in [0.2, 0.25) is 0 Å². The highest BCUT2D eigenvalue weighted by molar-refractivity contribution is 5.89. The Morgan fingerprint density at radius 3 is 2.30 bits per heavy atom. The number of nitrogens with zero attached hydrogens (tertiary/aromatic N) is 2. The number of aliphatic hydroxyl groups excluding tert-OH is 1. The maximum absolute atomic E-state index is 13.7. The number of unbranched alkanes of at least 4 members (excludes halogenated alkanes) is 4. The van der Waals surface area contributed by atoms with Crippen molar-refractivity contribution in [1.29, 1.82) is 0 Å². The molecule has 4 aromatic carbocycles. The molecule has 1 amide bonds. The van der Waals surface area contributed by atoms with Crippen LogP contribution >= 0.6 is 0 Å². The third kappa shape index (κ3) is 15.3. The molecule has 0 bridgehead atoms. The summed E-state index contributed by atoms with van der Waals surface area (Å²) in [5.41, 5.74) is 2.90. The molecular weight excluding hydrogens is 785 g/mol. The van der Waals surface area contributed by atoms with Gasteiger partial charge in [-0.3, -0.25) is 24.8 Å². The zero-order valence-corrected chi connectivity index (χ0v) is 35.5. The zero-order valence-electron chi connectivity index (χ0n) is 35.5. The molecule has 1 saturated heterocycles. The molecule has 5 rings (SSSR count). The lowest BCUT2D eigenvalue weighted by Gasteiger charge is -2.44. The van der Waals surface area contributed by atoms with Crippen LogP contribution in [0.3, 0.4) is 0 Å². The molecule has 0 radical (unpaired) electrons. The van der Waals surface area contributed by atoms with E-state index in [1.165, 1.54) is 0 Å². The van der Waals surface area contributed by atoms with E-state index in [1.807, 2.05) is 83.8 Å². The fourth-order valence-corrected chi connectivity index (χ4v) is 7.73. The number of para-hydroxylation sites is 1. The number of carbonyl (C=O) groups is 2. The van der Waals surface area contributed by atoms with Crippen molar-refractivity contribution in [2.45, 2.75) is 83.0 Å². The smallest absolute Gasteiger partial charge is 0.305 e. The monoisotopic (exact) mass is 846 g/mol. The van der Waals surface area contributed by atoms with Gasteiger partial charge in [0, 0.05) is 61.7 Å². The summed E-state index contributed by atoms with van der Waals surface area (Å²) >= 11 is 0. The van der Waals surface area contributed by atoms with E-state index in [2.05, 4.69) is 10.9 Å². The van der Waals surface area contributed by atoms with E-state index < -0.39 is 6.10 Å². The van der Waals surface area contributed by atoms with Crippen LogP contribution in [-0.2, 0) is 41.9 Å². The number of ether oxygens (including phenoxy) is 6. The molecule has 61 heavy (non-hydrogen) atoms. The minimum absolute atomic E-state index is 0.00383. The topological polar surface area (TPSA) is 166 Å². The number of hydrogen-bond acceptors (Lipinski definition) is 13. The molecule has 1 aliphatic heterocycles.